The Bertz CT molecular complexity index is 850. The van der Waals surface area contributed by atoms with Crippen LogP contribution in [0.4, 0.5) is 0 Å². The zero-order valence-electron chi connectivity index (χ0n) is 13.1. The molecule has 1 amide bonds. The molecule has 2 aromatic heterocycles. The van der Waals surface area contributed by atoms with Gasteiger partial charge in [-0.25, -0.2) is 9.97 Å². The molecule has 0 saturated carbocycles. The Kier molecular flexibility index (Phi) is 3.94. The van der Waals surface area contributed by atoms with Crippen molar-refractivity contribution in [2.45, 2.75) is 18.8 Å². The first-order valence-corrected chi connectivity index (χ1v) is 8.44. The summed E-state index contributed by atoms with van der Waals surface area (Å²) in [5.74, 6) is 1.32. The Morgan fingerprint density at radius 2 is 1.96 bits per heavy atom. The predicted molar refractivity (Wildman–Crippen MR) is 93.2 cm³/mol. The van der Waals surface area contributed by atoms with E-state index in [0.717, 1.165) is 29.7 Å². The maximum absolute atomic E-state index is 12.6. The highest BCUT2D eigenvalue weighted by Crippen LogP contribution is 2.28. The Balaban J connectivity index is 1.47. The maximum atomic E-state index is 12.6. The smallest absolute Gasteiger partial charge is 0.256 e. The van der Waals surface area contributed by atoms with E-state index in [-0.39, 0.29) is 11.1 Å². The summed E-state index contributed by atoms with van der Waals surface area (Å²) in [6.07, 6.45) is 3.37. The van der Waals surface area contributed by atoms with Crippen LogP contribution in [0.2, 0.25) is 5.15 Å². The summed E-state index contributed by atoms with van der Waals surface area (Å²) in [6.45, 7) is 1.40. The number of amides is 1. The summed E-state index contributed by atoms with van der Waals surface area (Å²) < 4.78 is 0. The summed E-state index contributed by atoms with van der Waals surface area (Å²) in [4.78, 5) is 26.5. The van der Waals surface area contributed by atoms with Gasteiger partial charge in [0.2, 0.25) is 0 Å². The zero-order valence-corrected chi connectivity index (χ0v) is 13.8. The van der Waals surface area contributed by atoms with Gasteiger partial charge in [0, 0.05) is 25.2 Å². The number of hydrogen-bond donors (Lipinski definition) is 1. The second kappa shape index (κ2) is 6.24. The molecular formula is C18H17ClN4O. The van der Waals surface area contributed by atoms with E-state index in [1.54, 1.807) is 18.3 Å². The summed E-state index contributed by atoms with van der Waals surface area (Å²) >= 11 is 6.03. The highest BCUT2D eigenvalue weighted by molar-refractivity contribution is 6.32. The van der Waals surface area contributed by atoms with Gasteiger partial charge >= 0.3 is 0 Å². The van der Waals surface area contributed by atoms with Crippen LogP contribution in [0.15, 0.2) is 42.6 Å². The van der Waals surface area contributed by atoms with Crippen LogP contribution in [-0.2, 0) is 0 Å². The van der Waals surface area contributed by atoms with Crippen molar-refractivity contribution in [3.8, 4) is 0 Å². The number of aromatic amines is 1. The van der Waals surface area contributed by atoms with Crippen molar-refractivity contribution in [2.24, 2.45) is 0 Å². The van der Waals surface area contributed by atoms with Crippen LogP contribution in [-0.4, -0.2) is 38.8 Å². The standard InChI is InChI=1S/C18H17ClN4O/c19-16-13(4-3-9-20-16)18(24)23-10-7-12(8-11-23)17-21-14-5-1-2-6-15(14)22-17/h1-6,9,12H,7-8,10-11H2,(H,21,22). The Hall–Kier alpha value is -2.40. The zero-order chi connectivity index (χ0) is 16.5. The monoisotopic (exact) mass is 340 g/mol. The largest absolute Gasteiger partial charge is 0.342 e. The summed E-state index contributed by atoms with van der Waals surface area (Å²) in [6, 6.07) is 11.5. The second-order valence-corrected chi connectivity index (χ2v) is 6.41. The molecule has 0 aliphatic carbocycles. The first kappa shape index (κ1) is 15.1. The summed E-state index contributed by atoms with van der Waals surface area (Å²) in [5, 5.41) is 0.266. The quantitative estimate of drug-likeness (QED) is 0.724. The topological polar surface area (TPSA) is 61.9 Å². The predicted octanol–water partition coefficient (Wildman–Crippen LogP) is 3.63. The average Bonchev–Trinajstić information content (AvgIpc) is 3.06. The molecule has 0 unspecified atom stereocenters. The summed E-state index contributed by atoms with van der Waals surface area (Å²) in [7, 11) is 0. The molecule has 24 heavy (non-hydrogen) atoms. The molecule has 1 N–H and O–H groups in total. The van der Waals surface area contributed by atoms with Crippen molar-refractivity contribution >= 4 is 28.5 Å². The summed E-state index contributed by atoms with van der Waals surface area (Å²) in [5.41, 5.74) is 2.53. The molecule has 0 bridgehead atoms. The number of rotatable bonds is 2. The van der Waals surface area contributed by atoms with E-state index < -0.39 is 0 Å². The molecule has 0 radical (unpaired) electrons. The molecule has 0 spiro atoms. The SMILES string of the molecule is O=C(c1cccnc1Cl)N1CCC(c2nc3ccccc3[nH]2)CC1. The number of imidazole rings is 1. The first-order valence-electron chi connectivity index (χ1n) is 8.07. The van der Waals surface area contributed by atoms with Crippen molar-refractivity contribution < 1.29 is 4.79 Å². The normalized spacial score (nSPS) is 15.8. The number of H-pyrrole nitrogens is 1. The van der Waals surface area contributed by atoms with Gasteiger partial charge in [0.05, 0.1) is 16.6 Å². The number of benzene rings is 1. The lowest BCUT2D eigenvalue weighted by Gasteiger charge is -2.31. The van der Waals surface area contributed by atoms with Crippen LogP contribution in [0.3, 0.4) is 0 Å². The molecule has 1 aliphatic heterocycles. The molecule has 5 nitrogen and oxygen atoms in total. The molecular weight excluding hydrogens is 324 g/mol. The van der Waals surface area contributed by atoms with E-state index in [4.69, 9.17) is 11.6 Å². The maximum Gasteiger partial charge on any atom is 0.256 e. The molecule has 122 valence electrons. The van der Waals surface area contributed by atoms with Crippen LogP contribution in [0.25, 0.3) is 11.0 Å². The minimum atomic E-state index is -0.0452. The number of hydrogen-bond acceptors (Lipinski definition) is 3. The Morgan fingerprint density at radius 3 is 2.71 bits per heavy atom. The highest BCUT2D eigenvalue weighted by Gasteiger charge is 2.27. The molecule has 3 aromatic rings. The third kappa shape index (κ3) is 2.76. The van der Waals surface area contributed by atoms with Gasteiger partial charge in [-0.05, 0) is 37.1 Å². The fraction of sp³-hybridized carbons (Fsp3) is 0.278. The number of carbonyl (C=O) groups is 1. The van der Waals surface area contributed by atoms with E-state index in [1.165, 1.54) is 0 Å². The van der Waals surface area contributed by atoms with Crippen LogP contribution in [0.5, 0.6) is 0 Å². The van der Waals surface area contributed by atoms with Crippen molar-refractivity contribution in [1.29, 1.82) is 0 Å². The number of halogens is 1. The molecule has 0 atom stereocenters. The molecule has 4 rings (SSSR count). The van der Waals surface area contributed by atoms with Crippen molar-refractivity contribution in [3.63, 3.8) is 0 Å². The van der Waals surface area contributed by atoms with Crippen molar-refractivity contribution in [1.82, 2.24) is 19.9 Å². The number of pyridine rings is 1. The first-order chi connectivity index (χ1) is 11.7. The average molecular weight is 341 g/mol. The van der Waals surface area contributed by atoms with Gasteiger partial charge in [0.25, 0.3) is 5.91 Å². The number of fused-ring (bicyclic) bond motifs is 1. The molecule has 1 aliphatic rings. The van der Waals surface area contributed by atoms with Gasteiger partial charge in [0.1, 0.15) is 11.0 Å². The number of aromatic nitrogens is 3. The van der Waals surface area contributed by atoms with Gasteiger partial charge in [-0.2, -0.15) is 0 Å². The van der Waals surface area contributed by atoms with Gasteiger partial charge in [-0.1, -0.05) is 23.7 Å². The fourth-order valence-electron chi connectivity index (χ4n) is 3.24. The van der Waals surface area contributed by atoms with Crippen molar-refractivity contribution in [2.75, 3.05) is 13.1 Å². The number of nitrogens with one attached hydrogen (secondary N) is 1. The van der Waals surface area contributed by atoms with Gasteiger partial charge in [-0.3, -0.25) is 4.79 Å². The number of para-hydroxylation sites is 2. The third-order valence-corrected chi connectivity index (χ3v) is 4.87. The Morgan fingerprint density at radius 1 is 1.17 bits per heavy atom. The van der Waals surface area contributed by atoms with Crippen LogP contribution in [0.1, 0.15) is 34.9 Å². The fourth-order valence-corrected chi connectivity index (χ4v) is 3.44. The molecule has 3 heterocycles. The van der Waals surface area contributed by atoms with Crippen LogP contribution in [0, 0.1) is 0 Å². The Labute approximate surface area is 144 Å². The van der Waals surface area contributed by atoms with Crippen LogP contribution < -0.4 is 0 Å². The molecule has 1 aromatic carbocycles. The highest BCUT2D eigenvalue weighted by atomic mass is 35.5. The lowest BCUT2D eigenvalue weighted by atomic mass is 9.96. The lowest BCUT2D eigenvalue weighted by molar-refractivity contribution is 0.0711. The van der Waals surface area contributed by atoms with E-state index in [0.29, 0.717) is 24.6 Å². The van der Waals surface area contributed by atoms with Gasteiger partial charge in [0.15, 0.2) is 0 Å². The van der Waals surface area contributed by atoms with Crippen molar-refractivity contribution in [3.05, 3.63) is 59.1 Å². The molecule has 6 heteroatoms. The molecule has 1 fully saturated rings. The van der Waals surface area contributed by atoms with E-state index in [9.17, 15) is 4.79 Å². The number of carbonyl (C=O) groups excluding carboxylic acids is 1. The van der Waals surface area contributed by atoms with Crippen LogP contribution >= 0.6 is 11.6 Å². The second-order valence-electron chi connectivity index (χ2n) is 6.05. The van der Waals surface area contributed by atoms with Gasteiger partial charge < -0.3 is 9.88 Å². The minimum absolute atomic E-state index is 0.0452. The lowest BCUT2D eigenvalue weighted by Crippen LogP contribution is -2.38. The van der Waals surface area contributed by atoms with Gasteiger partial charge in [-0.15, -0.1) is 0 Å². The third-order valence-electron chi connectivity index (χ3n) is 4.57. The number of piperidine rings is 1. The van der Waals surface area contributed by atoms with E-state index in [2.05, 4.69) is 15.0 Å². The molecule has 1 saturated heterocycles. The van der Waals surface area contributed by atoms with E-state index in [1.807, 2.05) is 29.2 Å². The number of nitrogens with zero attached hydrogens (tertiary/aromatic N) is 3. The minimum Gasteiger partial charge on any atom is -0.342 e. The van der Waals surface area contributed by atoms with E-state index >= 15 is 0 Å². The number of likely N-dealkylation sites (tertiary alicyclic amines) is 1.